The lowest BCUT2D eigenvalue weighted by Gasteiger charge is -2.26. The summed E-state index contributed by atoms with van der Waals surface area (Å²) in [5.41, 5.74) is 4.61. The van der Waals surface area contributed by atoms with Gasteiger partial charge in [0.05, 0.1) is 0 Å². The van der Waals surface area contributed by atoms with Crippen molar-refractivity contribution >= 4 is 5.91 Å². The van der Waals surface area contributed by atoms with Crippen LogP contribution in [0.25, 0.3) is 0 Å². The van der Waals surface area contributed by atoms with Gasteiger partial charge < -0.3 is 5.32 Å². The second-order valence-electron chi connectivity index (χ2n) is 6.31. The first kappa shape index (κ1) is 16.5. The molecule has 0 saturated heterocycles. The summed E-state index contributed by atoms with van der Waals surface area (Å²) in [5, 5.41) is 3.05. The molecule has 124 valence electrons. The van der Waals surface area contributed by atoms with Crippen LogP contribution in [-0.2, 0) is 17.9 Å². The second-order valence-corrected chi connectivity index (χ2v) is 6.31. The monoisotopic (exact) mass is 320 g/mol. The Kier molecular flexibility index (Phi) is 5.44. The maximum atomic E-state index is 12.3. The highest BCUT2D eigenvalue weighted by Crippen LogP contribution is 2.14. The molecule has 0 unspecified atom stereocenters. The summed E-state index contributed by atoms with van der Waals surface area (Å²) in [6.45, 7) is 5.37. The summed E-state index contributed by atoms with van der Waals surface area (Å²) >= 11 is 0. The van der Waals surface area contributed by atoms with Crippen LogP contribution in [0, 0.1) is 6.92 Å². The van der Waals surface area contributed by atoms with Crippen molar-refractivity contribution in [2.75, 3.05) is 13.1 Å². The fourth-order valence-corrected chi connectivity index (χ4v) is 3.00. The van der Waals surface area contributed by atoms with Gasteiger partial charge in [-0.25, -0.2) is 0 Å². The zero-order chi connectivity index (χ0) is 16.8. The third-order valence-electron chi connectivity index (χ3n) is 4.53. The Balaban J connectivity index is 1.51. The molecule has 0 atom stereocenters. The van der Waals surface area contributed by atoms with Gasteiger partial charge in [0.2, 0.25) is 5.91 Å². The molecule has 0 spiro atoms. The molecule has 3 nitrogen and oxygen atoms in total. The van der Waals surface area contributed by atoms with Crippen LogP contribution in [0.15, 0.2) is 66.2 Å². The van der Waals surface area contributed by atoms with E-state index in [1.165, 1.54) is 16.7 Å². The molecule has 1 amide bonds. The van der Waals surface area contributed by atoms with Gasteiger partial charge in [-0.1, -0.05) is 60.7 Å². The van der Waals surface area contributed by atoms with Gasteiger partial charge in [0.15, 0.2) is 0 Å². The van der Waals surface area contributed by atoms with Gasteiger partial charge in [-0.3, -0.25) is 9.69 Å². The number of rotatable bonds is 5. The van der Waals surface area contributed by atoms with Crippen molar-refractivity contribution in [3.8, 4) is 0 Å². The van der Waals surface area contributed by atoms with Gasteiger partial charge in [-0.2, -0.15) is 0 Å². The summed E-state index contributed by atoms with van der Waals surface area (Å²) in [6, 6.07) is 18.6. The molecule has 2 aromatic rings. The largest absolute Gasteiger partial charge is 0.348 e. The van der Waals surface area contributed by atoms with Crippen LogP contribution in [0.5, 0.6) is 0 Å². The smallest absolute Gasteiger partial charge is 0.247 e. The quantitative estimate of drug-likeness (QED) is 0.915. The SMILES string of the molecule is Cc1ccccc1CNC(=O)C1=CCN(Cc2ccccc2)CC1. The van der Waals surface area contributed by atoms with Gasteiger partial charge in [0.25, 0.3) is 0 Å². The van der Waals surface area contributed by atoms with Gasteiger partial charge in [0, 0.05) is 31.8 Å². The number of benzene rings is 2. The van der Waals surface area contributed by atoms with Crippen LogP contribution in [0.2, 0.25) is 0 Å². The first-order valence-electron chi connectivity index (χ1n) is 8.50. The van der Waals surface area contributed by atoms with E-state index in [2.05, 4.69) is 59.6 Å². The van der Waals surface area contributed by atoms with Crippen molar-refractivity contribution in [2.45, 2.75) is 26.4 Å². The van der Waals surface area contributed by atoms with Crippen molar-refractivity contribution in [1.82, 2.24) is 10.2 Å². The highest BCUT2D eigenvalue weighted by molar-refractivity contribution is 5.93. The molecule has 1 heterocycles. The Morgan fingerprint density at radius 2 is 1.83 bits per heavy atom. The molecular formula is C21H24N2O. The third kappa shape index (κ3) is 4.33. The third-order valence-corrected chi connectivity index (χ3v) is 4.53. The fourth-order valence-electron chi connectivity index (χ4n) is 3.00. The molecule has 0 fully saturated rings. The van der Waals surface area contributed by atoms with E-state index < -0.39 is 0 Å². The van der Waals surface area contributed by atoms with Gasteiger partial charge in [-0.05, 0) is 30.0 Å². The average molecular weight is 320 g/mol. The first-order valence-corrected chi connectivity index (χ1v) is 8.50. The van der Waals surface area contributed by atoms with Crippen molar-refractivity contribution in [1.29, 1.82) is 0 Å². The number of carbonyl (C=O) groups excluding carboxylic acids is 1. The van der Waals surface area contributed by atoms with Crippen LogP contribution >= 0.6 is 0 Å². The normalized spacial score (nSPS) is 15.0. The number of hydrogen-bond acceptors (Lipinski definition) is 2. The molecule has 2 aromatic carbocycles. The second kappa shape index (κ2) is 7.93. The molecule has 3 heteroatoms. The van der Waals surface area contributed by atoms with Crippen molar-refractivity contribution in [3.05, 3.63) is 82.9 Å². The van der Waals surface area contributed by atoms with E-state index in [0.29, 0.717) is 6.54 Å². The minimum atomic E-state index is 0.0672. The molecule has 0 bridgehead atoms. The predicted molar refractivity (Wildman–Crippen MR) is 97.4 cm³/mol. The minimum absolute atomic E-state index is 0.0672. The van der Waals surface area contributed by atoms with E-state index >= 15 is 0 Å². The molecule has 1 N–H and O–H groups in total. The standard InChI is InChI=1S/C21H24N2O/c1-17-7-5-6-10-20(17)15-22-21(24)19-11-13-23(14-12-19)16-18-8-3-2-4-9-18/h2-11H,12-16H2,1H3,(H,22,24). The zero-order valence-electron chi connectivity index (χ0n) is 14.2. The zero-order valence-corrected chi connectivity index (χ0v) is 14.2. The van der Waals surface area contributed by atoms with Crippen molar-refractivity contribution in [2.24, 2.45) is 0 Å². The number of hydrogen-bond donors (Lipinski definition) is 1. The lowest BCUT2D eigenvalue weighted by Crippen LogP contribution is -2.33. The number of nitrogens with zero attached hydrogens (tertiary/aromatic N) is 1. The van der Waals surface area contributed by atoms with Gasteiger partial charge >= 0.3 is 0 Å². The van der Waals surface area contributed by atoms with Crippen molar-refractivity contribution in [3.63, 3.8) is 0 Å². The molecular weight excluding hydrogens is 296 g/mol. The van der Waals surface area contributed by atoms with Gasteiger partial charge in [-0.15, -0.1) is 0 Å². The van der Waals surface area contributed by atoms with E-state index in [4.69, 9.17) is 0 Å². The van der Waals surface area contributed by atoms with Gasteiger partial charge in [0.1, 0.15) is 0 Å². The molecule has 0 aromatic heterocycles. The van der Waals surface area contributed by atoms with Crippen LogP contribution in [0.4, 0.5) is 0 Å². The highest BCUT2D eigenvalue weighted by Gasteiger charge is 2.17. The topological polar surface area (TPSA) is 32.3 Å². The Bertz CT molecular complexity index is 722. The highest BCUT2D eigenvalue weighted by atomic mass is 16.1. The Morgan fingerprint density at radius 1 is 1.08 bits per heavy atom. The lowest BCUT2D eigenvalue weighted by molar-refractivity contribution is -0.117. The maximum Gasteiger partial charge on any atom is 0.247 e. The van der Waals surface area contributed by atoms with E-state index in [1.54, 1.807) is 0 Å². The first-order chi connectivity index (χ1) is 11.7. The number of aryl methyl sites for hydroxylation is 1. The fraction of sp³-hybridized carbons (Fsp3) is 0.286. The van der Waals surface area contributed by atoms with Crippen molar-refractivity contribution < 1.29 is 4.79 Å². The van der Waals surface area contributed by atoms with E-state index in [1.807, 2.05) is 18.2 Å². The van der Waals surface area contributed by atoms with E-state index in [-0.39, 0.29) is 5.91 Å². The Morgan fingerprint density at radius 3 is 2.54 bits per heavy atom. The van der Waals surface area contributed by atoms with Crippen LogP contribution < -0.4 is 5.32 Å². The lowest BCUT2D eigenvalue weighted by atomic mass is 10.1. The Labute approximate surface area is 144 Å². The summed E-state index contributed by atoms with van der Waals surface area (Å²) in [4.78, 5) is 14.7. The average Bonchev–Trinajstić information content (AvgIpc) is 2.62. The summed E-state index contributed by atoms with van der Waals surface area (Å²) < 4.78 is 0. The number of amides is 1. The maximum absolute atomic E-state index is 12.3. The number of nitrogens with one attached hydrogen (secondary N) is 1. The summed E-state index contributed by atoms with van der Waals surface area (Å²) in [6.07, 6.45) is 2.88. The molecule has 24 heavy (non-hydrogen) atoms. The molecule has 3 rings (SSSR count). The predicted octanol–water partition coefficient (Wildman–Crippen LogP) is 3.44. The molecule has 1 aliphatic heterocycles. The van der Waals surface area contributed by atoms with Crippen LogP contribution in [0.3, 0.4) is 0 Å². The Hall–Kier alpha value is -2.39. The van der Waals surface area contributed by atoms with E-state index in [0.717, 1.165) is 31.6 Å². The van der Waals surface area contributed by atoms with E-state index in [9.17, 15) is 4.79 Å². The summed E-state index contributed by atoms with van der Waals surface area (Å²) in [7, 11) is 0. The molecule has 0 saturated carbocycles. The number of carbonyl (C=O) groups is 1. The summed E-state index contributed by atoms with van der Waals surface area (Å²) in [5.74, 6) is 0.0672. The molecule has 1 aliphatic rings. The molecule has 0 aliphatic carbocycles. The van der Waals surface area contributed by atoms with Crippen LogP contribution in [0.1, 0.15) is 23.1 Å². The molecule has 0 radical (unpaired) electrons. The minimum Gasteiger partial charge on any atom is -0.348 e. The van der Waals surface area contributed by atoms with Crippen LogP contribution in [-0.4, -0.2) is 23.9 Å².